The Morgan fingerprint density at radius 3 is 3.08 bits per heavy atom. The predicted molar refractivity (Wildman–Crippen MR) is 58.9 cm³/mol. The lowest BCUT2D eigenvalue weighted by Gasteiger charge is -2.25. The van der Waals surface area contributed by atoms with Crippen LogP contribution in [0.5, 0.6) is 0 Å². The molecule has 2 rings (SSSR count). The highest BCUT2D eigenvalue weighted by Crippen LogP contribution is 2.31. The van der Waals surface area contributed by atoms with Crippen LogP contribution in [-0.4, -0.2) is 7.05 Å². The molecule has 2 heteroatoms. The van der Waals surface area contributed by atoms with E-state index >= 15 is 0 Å². The molecule has 1 aliphatic carbocycles. The Labute approximate surface area is 87.7 Å². The first-order valence-corrected chi connectivity index (χ1v) is 5.56. The van der Waals surface area contributed by atoms with Crippen LogP contribution < -0.4 is 5.32 Å². The molecular formula is C11H14BrN. The Balaban J connectivity index is 2.41. The highest BCUT2D eigenvalue weighted by atomic mass is 79.9. The zero-order valence-electron chi connectivity index (χ0n) is 7.81. The van der Waals surface area contributed by atoms with E-state index in [1.807, 2.05) is 7.05 Å². The third-order valence-corrected chi connectivity index (χ3v) is 3.26. The summed E-state index contributed by atoms with van der Waals surface area (Å²) in [5.74, 6) is 0. The monoisotopic (exact) mass is 239 g/mol. The summed E-state index contributed by atoms with van der Waals surface area (Å²) in [6, 6.07) is 7.18. The fourth-order valence-electron chi connectivity index (χ4n) is 2.07. The number of aryl methyl sites for hydroxylation is 1. The number of benzene rings is 1. The van der Waals surface area contributed by atoms with Gasteiger partial charge < -0.3 is 5.32 Å². The standard InChI is InChI=1S/C11H14BrN/c1-13-11-4-2-3-8-5-6-9(12)7-10(8)11/h5-7,11,13H,2-4H2,1H3. The van der Waals surface area contributed by atoms with E-state index < -0.39 is 0 Å². The van der Waals surface area contributed by atoms with E-state index in [2.05, 4.69) is 39.4 Å². The molecule has 0 bridgehead atoms. The molecule has 1 unspecified atom stereocenters. The average Bonchev–Trinajstić information content (AvgIpc) is 2.17. The molecule has 0 radical (unpaired) electrons. The quantitative estimate of drug-likeness (QED) is 0.795. The normalized spacial score (nSPS) is 21.2. The van der Waals surface area contributed by atoms with Crippen LogP contribution in [0.15, 0.2) is 22.7 Å². The van der Waals surface area contributed by atoms with Crippen LogP contribution in [0.4, 0.5) is 0 Å². The zero-order valence-corrected chi connectivity index (χ0v) is 9.39. The van der Waals surface area contributed by atoms with Crippen LogP contribution in [-0.2, 0) is 6.42 Å². The fraction of sp³-hybridized carbons (Fsp3) is 0.455. The van der Waals surface area contributed by atoms with Gasteiger partial charge in [0.05, 0.1) is 0 Å². The van der Waals surface area contributed by atoms with E-state index in [1.165, 1.54) is 34.9 Å². The van der Waals surface area contributed by atoms with Gasteiger partial charge in [0.15, 0.2) is 0 Å². The maximum absolute atomic E-state index is 3.52. The zero-order chi connectivity index (χ0) is 9.26. The summed E-state index contributed by atoms with van der Waals surface area (Å²) >= 11 is 3.52. The summed E-state index contributed by atoms with van der Waals surface area (Å²) in [5.41, 5.74) is 2.98. The third kappa shape index (κ3) is 1.79. The van der Waals surface area contributed by atoms with Gasteiger partial charge in [-0.2, -0.15) is 0 Å². The summed E-state index contributed by atoms with van der Waals surface area (Å²) in [6.45, 7) is 0. The van der Waals surface area contributed by atoms with Crippen LogP contribution in [0, 0.1) is 0 Å². The lowest BCUT2D eigenvalue weighted by Crippen LogP contribution is -2.21. The van der Waals surface area contributed by atoms with Crippen molar-refractivity contribution in [2.24, 2.45) is 0 Å². The van der Waals surface area contributed by atoms with E-state index in [4.69, 9.17) is 0 Å². The number of hydrogen-bond donors (Lipinski definition) is 1. The summed E-state index contributed by atoms with van der Waals surface area (Å²) < 4.78 is 1.19. The first-order valence-electron chi connectivity index (χ1n) is 4.77. The minimum absolute atomic E-state index is 0.557. The molecular weight excluding hydrogens is 226 g/mol. The molecule has 1 aromatic carbocycles. The molecule has 1 nitrogen and oxygen atoms in total. The Hall–Kier alpha value is -0.340. The highest BCUT2D eigenvalue weighted by Gasteiger charge is 2.18. The van der Waals surface area contributed by atoms with Crippen molar-refractivity contribution < 1.29 is 0 Å². The number of nitrogens with one attached hydrogen (secondary N) is 1. The lowest BCUT2D eigenvalue weighted by atomic mass is 9.88. The van der Waals surface area contributed by atoms with Gasteiger partial charge in [-0.15, -0.1) is 0 Å². The van der Waals surface area contributed by atoms with Gasteiger partial charge in [0.25, 0.3) is 0 Å². The van der Waals surface area contributed by atoms with Gasteiger partial charge in [0.1, 0.15) is 0 Å². The van der Waals surface area contributed by atoms with Crippen molar-refractivity contribution in [3.05, 3.63) is 33.8 Å². The molecule has 0 aromatic heterocycles. The van der Waals surface area contributed by atoms with Gasteiger partial charge in [-0.1, -0.05) is 22.0 Å². The van der Waals surface area contributed by atoms with Gasteiger partial charge in [-0.25, -0.2) is 0 Å². The first-order chi connectivity index (χ1) is 6.31. The molecule has 0 saturated carbocycles. The lowest BCUT2D eigenvalue weighted by molar-refractivity contribution is 0.496. The molecule has 13 heavy (non-hydrogen) atoms. The van der Waals surface area contributed by atoms with E-state index in [1.54, 1.807) is 0 Å². The molecule has 1 aliphatic rings. The molecule has 0 heterocycles. The van der Waals surface area contributed by atoms with E-state index in [0.29, 0.717) is 6.04 Å². The Bertz CT molecular complexity index is 309. The van der Waals surface area contributed by atoms with Crippen molar-refractivity contribution in [3.8, 4) is 0 Å². The van der Waals surface area contributed by atoms with Crippen molar-refractivity contribution in [1.29, 1.82) is 0 Å². The molecule has 70 valence electrons. The second kappa shape index (κ2) is 3.81. The van der Waals surface area contributed by atoms with Crippen LogP contribution in [0.1, 0.15) is 30.0 Å². The van der Waals surface area contributed by atoms with Gasteiger partial charge in [0, 0.05) is 10.5 Å². The number of rotatable bonds is 1. The molecule has 0 spiro atoms. The number of halogens is 1. The summed E-state index contributed by atoms with van der Waals surface area (Å²) in [7, 11) is 2.04. The van der Waals surface area contributed by atoms with Crippen LogP contribution >= 0.6 is 15.9 Å². The average molecular weight is 240 g/mol. The van der Waals surface area contributed by atoms with Crippen molar-refractivity contribution in [2.75, 3.05) is 7.05 Å². The van der Waals surface area contributed by atoms with Gasteiger partial charge in [-0.05, 0) is 49.6 Å². The topological polar surface area (TPSA) is 12.0 Å². The van der Waals surface area contributed by atoms with E-state index in [-0.39, 0.29) is 0 Å². The minimum atomic E-state index is 0.557. The second-order valence-electron chi connectivity index (χ2n) is 3.58. The maximum Gasteiger partial charge on any atom is 0.0320 e. The van der Waals surface area contributed by atoms with E-state index in [0.717, 1.165) is 0 Å². The van der Waals surface area contributed by atoms with Crippen molar-refractivity contribution in [1.82, 2.24) is 5.32 Å². The van der Waals surface area contributed by atoms with E-state index in [9.17, 15) is 0 Å². The predicted octanol–water partition coefficient (Wildman–Crippen LogP) is 3.05. The van der Waals surface area contributed by atoms with Crippen molar-refractivity contribution >= 4 is 15.9 Å². The molecule has 0 amide bonds. The third-order valence-electron chi connectivity index (χ3n) is 2.77. The Morgan fingerprint density at radius 2 is 2.31 bits per heavy atom. The fourth-order valence-corrected chi connectivity index (χ4v) is 2.45. The van der Waals surface area contributed by atoms with Crippen LogP contribution in [0.2, 0.25) is 0 Å². The van der Waals surface area contributed by atoms with Crippen molar-refractivity contribution in [3.63, 3.8) is 0 Å². The first kappa shape index (κ1) is 9.22. The molecule has 1 N–H and O–H groups in total. The van der Waals surface area contributed by atoms with Crippen molar-refractivity contribution in [2.45, 2.75) is 25.3 Å². The highest BCUT2D eigenvalue weighted by molar-refractivity contribution is 9.10. The van der Waals surface area contributed by atoms with Crippen LogP contribution in [0.25, 0.3) is 0 Å². The largest absolute Gasteiger partial charge is 0.313 e. The van der Waals surface area contributed by atoms with Gasteiger partial charge >= 0.3 is 0 Å². The van der Waals surface area contributed by atoms with Crippen LogP contribution in [0.3, 0.4) is 0 Å². The molecule has 0 fully saturated rings. The molecule has 1 atom stereocenters. The molecule has 1 aromatic rings. The summed E-state index contributed by atoms with van der Waals surface area (Å²) in [4.78, 5) is 0. The molecule has 0 aliphatic heterocycles. The van der Waals surface area contributed by atoms with Gasteiger partial charge in [-0.3, -0.25) is 0 Å². The number of hydrogen-bond acceptors (Lipinski definition) is 1. The Morgan fingerprint density at radius 1 is 1.46 bits per heavy atom. The number of fused-ring (bicyclic) bond motifs is 1. The minimum Gasteiger partial charge on any atom is -0.313 e. The second-order valence-corrected chi connectivity index (χ2v) is 4.49. The van der Waals surface area contributed by atoms with Gasteiger partial charge in [0.2, 0.25) is 0 Å². The Kier molecular flexibility index (Phi) is 2.70. The summed E-state index contributed by atoms with van der Waals surface area (Å²) in [6.07, 6.45) is 3.81. The maximum atomic E-state index is 3.52. The smallest absolute Gasteiger partial charge is 0.0320 e. The molecule has 0 saturated heterocycles. The SMILES string of the molecule is CNC1CCCc2ccc(Br)cc21. The summed E-state index contributed by atoms with van der Waals surface area (Å²) in [5, 5.41) is 3.37.